The highest BCUT2D eigenvalue weighted by molar-refractivity contribution is 9.09. The summed E-state index contributed by atoms with van der Waals surface area (Å²) >= 11 is 3.44. The van der Waals surface area contributed by atoms with Gasteiger partial charge >= 0.3 is 0 Å². The molecule has 108 valence electrons. The van der Waals surface area contributed by atoms with E-state index in [1.54, 1.807) is 0 Å². The lowest BCUT2D eigenvalue weighted by atomic mass is 10.0. The van der Waals surface area contributed by atoms with Crippen LogP contribution in [0.1, 0.15) is 48.4 Å². The van der Waals surface area contributed by atoms with Crippen molar-refractivity contribution in [2.75, 3.05) is 0 Å². The molecule has 0 radical (unpaired) electrons. The van der Waals surface area contributed by atoms with Gasteiger partial charge in [-0.25, -0.2) is 0 Å². The molecule has 2 heteroatoms. The Bertz CT molecular complexity index is 465. The van der Waals surface area contributed by atoms with Crippen LogP contribution in [0.4, 0.5) is 0 Å². The van der Waals surface area contributed by atoms with Crippen molar-refractivity contribution in [1.29, 1.82) is 0 Å². The van der Waals surface area contributed by atoms with Gasteiger partial charge in [-0.15, -0.1) is 0 Å². The summed E-state index contributed by atoms with van der Waals surface area (Å²) in [5.74, 6) is 0.0896. The predicted octanol–water partition coefficient (Wildman–Crippen LogP) is 6.06. The standard InChI is InChI=1S/C14H11BrO.2C2H6/c15-13(11-7-3-1-4-8-11)14(16)12-9-5-2-6-10-12;2*1-2/h1-10,13H;2*1-2H3. The van der Waals surface area contributed by atoms with E-state index < -0.39 is 0 Å². The highest BCUT2D eigenvalue weighted by Gasteiger charge is 2.17. The first-order chi connectivity index (χ1) is 9.79. The lowest BCUT2D eigenvalue weighted by Crippen LogP contribution is -2.06. The van der Waals surface area contributed by atoms with Crippen LogP contribution in [0.2, 0.25) is 0 Å². The second kappa shape index (κ2) is 11.4. The predicted molar refractivity (Wildman–Crippen MR) is 91.6 cm³/mol. The molecule has 0 aliphatic heterocycles. The summed E-state index contributed by atoms with van der Waals surface area (Å²) in [5, 5.41) is 0. The van der Waals surface area contributed by atoms with Gasteiger partial charge in [-0.1, -0.05) is 104 Å². The SMILES string of the molecule is CC.CC.O=C(c1ccccc1)C(Br)c1ccccc1. The highest BCUT2D eigenvalue weighted by Crippen LogP contribution is 2.26. The minimum Gasteiger partial charge on any atom is -0.293 e. The number of Topliss-reactive ketones (excluding diaryl/α,β-unsaturated/α-hetero) is 1. The summed E-state index contributed by atoms with van der Waals surface area (Å²) in [5.41, 5.74) is 1.71. The van der Waals surface area contributed by atoms with E-state index >= 15 is 0 Å². The van der Waals surface area contributed by atoms with Crippen LogP contribution >= 0.6 is 15.9 Å². The fraction of sp³-hybridized carbons (Fsp3) is 0.278. The quantitative estimate of drug-likeness (QED) is 0.492. The van der Waals surface area contributed by atoms with E-state index in [2.05, 4.69) is 15.9 Å². The number of rotatable bonds is 3. The number of hydrogen-bond acceptors (Lipinski definition) is 1. The van der Waals surface area contributed by atoms with Crippen LogP contribution in [-0.4, -0.2) is 5.78 Å². The Morgan fingerprint density at radius 3 is 1.65 bits per heavy atom. The third kappa shape index (κ3) is 5.70. The van der Waals surface area contributed by atoms with Gasteiger partial charge in [0.05, 0.1) is 0 Å². The summed E-state index contributed by atoms with van der Waals surface area (Å²) in [6, 6.07) is 19.0. The van der Waals surface area contributed by atoms with Gasteiger partial charge in [-0.05, 0) is 5.56 Å². The Morgan fingerprint density at radius 1 is 0.800 bits per heavy atom. The molecule has 0 amide bonds. The Kier molecular flexibility index (Phi) is 10.6. The van der Waals surface area contributed by atoms with E-state index in [0.29, 0.717) is 0 Å². The molecule has 1 nitrogen and oxygen atoms in total. The maximum atomic E-state index is 12.1. The molecule has 20 heavy (non-hydrogen) atoms. The lowest BCUT2D eigenvalue weighted by Gasteiger charge is -2.08. The number of benzene rings is 2. The third-order valence-electron chi connectivity index (χ3n) is 2.38. The van der Waals surface area contributed by atoms with Gasteiger partial charge in [0.25, 0.3) is 0 Å². The molecule has 0 fully saturated rings. The normalized spacial score (nSPS) is 10.2. The van der Waals surface area contributed by atoms with Gasteiger partial charge in [0, 0.05) is 5.56 Å². The molecular weight excluding hydrogens is 312 g/mol. The molecule has 0 aromatic heterocycles. The smallest absolute Gasteiger partial charge is 0.180 e. The average molecular weight is 335 g/mol. The second-order valence-corrected chi connectivity index (χ2v) is 4.42. The Morgan fingerprint density at radius 2 is 1.20 bits per heavy atom. The van der Waals surface area contributed by atoms with Crippen molar-refractivity contribution in [1.82, 2.24) is 0 Å². The van der Waals surface area contributed by atoms with E-state index in [4.69, 9.17) is 0 Å². The fourth-order valence-corrected chi connectivity index (χ4v) is 2.09. The molecule has 0 aliphatic rings. The van der Waals surface area contributed by atoms with Crippen molar-refractivity contribution < 1.29 is 4.79 Å². The average Bonchev–Trinajstić information content (AvgIpc) is 2.59. The highest BCUT2D eigenvalue weighted by atomic mass is 79.9. The van der Waals surface area contributed by atoms with Crippen molar-refractivity contribution >= 4 is 21.7 Å². The minimum atomic E-state index is -0.268. The first-order valence-electron chi connectivity index (χ1n) is 7.07. The van der Waals surface area contributed by atoms with Gasteiger partial charge in [-0.2, -0.15) is 0 Å². The molecule has 1 unspecified atom stereocenters. The molecule has 0 aliphatic carbocycles. The number of carbonyl (C=O) groups is 1. The molecule has 0 spiro atoms. The zero-order valence-electron chi connectivity index (χ0n) is 12.6. The van der Waals surface area contributed by atoms with E-state index in [9.17, 15) is 4.79 Å². The van der Waals surface area contributed by atoms with Crippen molar-refractivity contribution in [3.63, 3.8) is 0 Å². The van der Waals surface area contributed by atoms with E-state index in [-0.39, 0.29) is 10.6 Å². The van der Waals surface area contributed by atoms with Crippen LogP contribution in [0, 0.1) is 0 Å². The van der Waals surface area contributed by atoms with E-state index in [1.807, 2.05) is 88.4 Å². The zero-order chi connectivity index (χ0) is 15.4. The van der Waals surface area contributed by atoms with Crippen molar-refractivity contribution in [2.24, 2.45) is 0 Å². The van der Waals surface area contributed by atoms with Crippen LogP contribution < -0.4 is 0 Å². The first-order valence-corrected chi connectivity index (χ1v) is 7.99. The number of carbonyl (C=O) groups excluding carboxylic acids is 1. The summed E-state index contributed by atoms with van der Waals surface area (Å²) < 4.78 is 0. The first kappa shape index (κ1) is 18.6. The molecule has 1 atom stereocenters. The summed E-state index contributed by atoms with van der Waals surface area (Å²) in [6.07, 6.45) is 0. The van der Waals surface area contributed by atoms with Crippen LogP contribution in [-0.2, 0) is 0 Å². The number of halogens is 1. The third-order valence-corrected chi connectivity index (χ3v) is 3.33. The van der Waals surface area contributed by atoms with Crippen molar-refractivity contribution in [3.05, 3.63) is 71.8 Å². The molecule has 2 aromatic carbocycles. The Balaban J connectivity index is 0.000000829. The van der Waals surface area contributed by atoms with Gasteiger partial charge in [0.1, 0.15) is 4.83 Å². The van der Waals surface area contributed by atoms with Gasteiger partial charge in [0.2, 0.25) is 0 Å². The molecular formula is C18H23BrO. The maximum absolute atomic E-state index is 12.1. The lowest BCUT2D eigenvalue weighted by molar-refractivity contribution is 0.0991. The van der Waals surface area contributed by atoms with E-state index in [0.717, 1.165) is 11.1 Å². The summed E-state index contributed by atoms with van der Waals surface area (Å²) in [7, 11) is 0. The van der Waals surface area contributed by atoms with E-state index in [1.165, 1.54) is 0 Å². The molecule has 0 N–H and O–H groups in total. The summed E-state index contributed by atoms with van der Waals surface area (Å²) in [6.45, 7) is 8.00. The molecule has 0 heterocycles. The van der Waals surface area contributed by atoms with Crippen LogP contribution in [0.25, 0.3) is 0 Å². The summed E-state index contributed by atoms with van der Waals surface area (Å²) in [4.78, 5) is 11.8. The van der Waals surface area contributed by atoms with Crippen LogP contribution in [0.3, 0.4) is 0 Å². The van der Waals surface area contributed by atoms with Crippen molar-refractivity contribution in [2.45, 2.75) is 32.5 Å². The van der Waals surface area contributed by atoms with Crippen LogP contribution in [0.5, 0.6) is 0 Å². The monoisotopic (exact) mass is 334 g/mol. The van der Waals surface area contributed by atoms with Crippen LogP contribution in [0.15, 0.2) is 60.7 Å². The Hall–Kier alpha value is -1.41. The molecule has 2 rings (SSSR count). The molecule has 2 aromatic rings. The fourth-order valence-electron chi connectivity index (χ4n) is 1.52. The van der Waals surface area contributed by atoms with Gasteiger partial charge < -0.3 is 0 Å². The largest absolute Gasteiger partial charge is 0.293 e. The maximum Gasteiger partial charge on any atom is 0.180 e. The second-order valence-electron chi connectivity index (χ2n) is 3.50. The zero-order valence-corrected chi connectivity index (χ0v) is 14.2. The number of hydrogen-bond donors (Lipinski definition) is 0. The molecule has 0 saturated heterocycles. The Labute approximate surface area is 131 Å². The molecule has 0 bridgehead atoms. The number of ketones is 1. The van der Waals surface area contributed by atoms with Gasteiger partial charge in [-0.3, -0.25) is 4.79 Å². The topological polar surface area (TPSA) is 17.1 Å². The van der Waals surface area contributed by atoms with Gasteiger partial charge in [0.15, 0.2) is 5.78 Å². The van der Waals surface area contributed by atoms with Crippen molar-refractivity contribution in [3.8, 4) is 0 Å². The minimum absolute atomic E-state index is 0.0896. The molecule has 0 saturated carbocycles. The number of alkyl halides is 1.